The fourth-order valence-electron chi connectivity index (χ4n) is 2.96. The van der Waals surface area contributed by atoms with Crippen LogP contribution in [-0.4, -0.2) is 28.0 Å². The number of benzene rings is 2. The molecule has 0 atom stereocenters. The highest BCUT2D eigenvalue weighted by Gasteiger charge is 2.12. The largest absolute Gasteiger partial charge is 0.481 e. The topological polar surface area (TPSA) is 112 Å². The molecule has 2 aromatic carbocycles. The van der Waals surface area contributed by atoms with E-state index in [9.17, 15) is 18.8 Å². The van der Waals surface area contributed by atoms with Crippen molar-refractivity contribution in [2.45, 2.75) is 13.5 Å². The summed E-state index contributed by atoms with van der Waals surface area (Å²) in [7, 11) is 0. The third kappa shape index (κ3) is 5.24. The number of esters is 1. The molecule has 2 heterocycles. The van der Waals surface area contributed by atoms with Gasteiger partial charge in [-0.25, -0.2) is 14.2 Å². The van der Waals surface area contributed by atoms with Gasteiger partial charge >= 0.3 is 5.97 Å². The number of ether oxygens (including phenoxy) is 2. The number of aromatic nitrogens is 2. The molecule has 9 nitrogen and oxygen atoms in total. The van der Waals surface area contributed by atoms with Gasteiger partial charge in [-0.1, -0.05) is 12.1 Å². The Morgan fingerprint density at radius 1 is 1.12 bits per heavy atom. The van der Waals surface area contributed by atoms with Crippen molar-refractivity contribution in [2.24, 2.45) is 0 Å². The van der Waals surface area contributed by atoms with E-state index in [1.165, 1.54) is 48.5 Å². The average Bonchev–Trinajstić information content (AvgIpc) is 3.18. The summed E-state index contributed by atoms with van der Waals surface area (Å²) >= 11 is 0. The summed E-state index contributed by atoms with van der Waals surface area (Å²) in [6.07, 6.45) is 0. The van der Waals surface area contributed by atoms with Crippen molar-refractivity contribution in [2.75, 3.05) is 11.9 Å². The minimum absolute atomic E-state index is 0.0232. The van der Waals surface area contributed by atoms with E-state index in [4.69, 9.17) is 14.0 Å². The lowest BCUT2D eigenvalue weighted by Gasteiger charge is -2.09. The molecule has 1 amide bonds. The average molecular weight is 451 g/mol. The molecular formula is C23H18FN3O6. The number of carbonyl (C=O) groups is 2. The summed E-state index contributed by atoms with van der Waals surface area (Å²) < 4.78 is 30.2. The summed E-state index contributed by atoms with van der Waals surface area (Å²) in [4.78, 5) is 40.6. The molecule has 0 aliphatic carbocycles. The van der Waals surface area contributed by atoms with Crippen LogP contribution in [-0.2, 0) is 16.1 Å². The quantitative estimate of drug-likeness (QED) is 0.430. The first-order valence-corrected chi connectivity index (χ1v) is 9.83. The third-order valence-electron chi connectivity index (χ3n) is 4.48. The zero-order chi connectivity index (χ0) is 23.4. The van der Waals surface area contributed by atoms with Gasteiger partial charge in [0.25, 0.3) is 11.5 Å². The molecule has 4 aromatic rings. The van der Waals surface area contributed by atoms with E-state index in [2.05, 4.69) is 10.3 Å². The monoisotopic (exact) mass is 451 g/mol. The van der Waals surface area contributed by atoms with Crippen molar-refractivity contribution in [3.63, 3.8) is 0 Å². The standard InChI is InChI=1S/C23H18FN3O6/c1-14-10-20-25-17(11-22(29)27(20)33-14)12-32-23(30)15-6-8-16(9-7-15)26-21(28)13-31-19-5-3-2-4-18(19)24/h2-11H,12-13H2,1H3,(H,26,28). The molecule has 33 heavy (non-hydrogen) atoms. The van der Waals surface area contributed by atoms with Crippen molar-refractivity contribution >= 4 is 23.2 Å². The number of carbonyl (C=O) groups excluding carboxylic acids is 2. The number of rotatable bonds is 7. The van der Waals surface area contributed by atoms with Gasteiger partial charge in [0.05, 0.1) is 11.3 Å². The highest BCUT2D eigenvalue weighted by atomic mass is 19.1. The molecule has 0 saturated heterocycles. The van der Waals surface area contributed by atoms with Crippen molar-refractivity contribution < 1.29 is 28.0 Å². The maximum absolute atomic E-state index is 13.5. The van der Waals surface area contributed by atoms with Gasteiger partial charge in [-0.2, -0.15) is 0 Å². The van der Waals surface area contributed by atoms with E-state index in [0.29, 0.717) is 17.1 Å². The van der Waals surface area contributed by atoms with Crippen LogP contribution in [0.5, 0.6) is 5.75 Å². The summed E-state index contributed by atoms with van der Waals surface area (Å²) in [6.45, 7) is 1.12. The van der Waals surface area contributed by atoms with Crippen LogP contribution in [0.1, 0.15) is 21.8 Å². The molecule has 0 spiro atoms. The molecule has 1 N–H and O–H groups in total. The number of amides is 1. The lowest BCUT2D eigenvalue weighted by molar-refractivity contribution is -0.118. The Morgan fingerprint density at radius 3 is 2.64 bits per heavy atom. The van der Waals surface area contributed by atoms with Gasteiger partial charge in [0.1, 0.15) is 12.4 Å². The molecule has 0 bridgehead atoms. The zero-order valence-electron chi connectivity index (χ0n) is 17.4. The zero-order valence-corrected chi connectivity index (χ0v) is 17.4. The summed E-state index contributed by atoms with van der Waals surface area (Å²) in [5.41, 5.74) is 0.855. The number of fused-ring (bicyclic) bond motifs is 1. The van der Waals surface area contributed by atoms with Gasteiger partial charge in [-0.15, -0.1) is 4.57 Å². The van der Waals surface area contributed by atoms with Crippen molar-refractivity contribution in [1.82, 2.24) is 9.56 Å². The molecule has 0 unspecified atom stereocenters. The second kappa shape index (κ2) is 9.35. The third-order valence-corrected chi connectivity index (χ3v) is 4.48. The first-order chi connectivity index (χ1) is 15.9. The normalized spacial score (nSPS) is 10.7. The fraction of sp³-hybridized carbons (Fsp3) is 0.130. The number of nitrogens with zero attached hydrogens (tertiary/aromatic N) is 2. The predicted molar refractivity (Wildman–Crippen MR) is 115 cm³/mol. The van der Waals surface area contributed by atoms with E-state index in [-0.39, 0.29) is 30.2 Å². The lowest BCUT2D eigenvalue weighted by atomic mass is 10.2. The van der Waals surface area contributed by atoms with Crippen LogP contribution in [0.4, 0.5) is 10.1 Å². The van der Waals surface area contributed by atoms with Crippen LogP contribution in [0.25, 0.3) is 5.65 Å². The highest BCUT2D eigenvalue weighted by Crippen LogP contribution is 2.16. The number of halogens is 1. The molecule has 2 aromatic heterocycles. The van der Waals surface area contributed by atoms with E-state index in [0.717, 1.165) is 4.57 Å². The Hall–Kier alpha value is -4.47. The molecule has 4 rings (SSSR count). The summed E-state index contributed by atoms with van der Waals surface area (Å²) in [5, 5.41) is 2.59. The van der Waals surface area contributed by atoms with Gasteiger partial charge in [-0.3, -0.25) is 9.59 Å². The Balaban J connectivity index is 1.31. The Kier molecular flexibility index (Phi) is 6.16. The number of hydrogen-bond acceptors (Lipinski definition) is 7. The van der Waals surface area contributed by atoms with Crippen LogP contribution >= 0.6 is 0 Å². The van der Waals surface area contributed by atoms with Gasteiger partial charge in [0, 0.05) is 17.8 Å². The number of hydrogen-bond donors (Lipinski definition) is 1. The van der Waals surface area contributed by atoms with E-state index >= 15 is 0 Å². The van der Waals surface area contributed by atoms with E-state index in [1.54, 1.807) is 19.1 Å². The van der Waals surface area contributed by atoms with E-state index < -0.39 is 23.3 Å². The molecule has 0 saturated carbocycles. The summed E-state index contributed by atoms with van der Waals surface area (Å²) in [5.74, 6) is -1.17. The summed E-state index contributed by atoms with van der Waals surface area (Å²) in [6, 6.07) is 14.6. The van der Waals surface area contributed by atoms with Crippen molar-refractivity contribution in [1.29, 1.82) is 0 Å². The Labute approximate surface area is 186 Å². The highest BCUT2D eigenvalue weighted by molar-refractivity contribution is 5.93. The first-order valence-electron chi connectivity index (χ1n) is 9.83. The van der Waals surface area contributed by atoms with Crippen LogP contribution in [0.2, 0.25) is 0 Å². The predicted octanol–water partition coefficient (Wildman–Crippen LogP) is 3.11. The second-order valence-electron chi connectivity index (χ2n) is 7.01. The van der Waals surface area contributed by atoms with Gasteiger partial charge < -0.3 is 19.3 Å². The van der Waals surface area contributed by atoms with Crippen molar-refractivity contribution in [3.05, 3.63) is 93.9 Å². The maximum Gasteiger partial charge on any atom is 0.338 e. The molecule has 0 aliphatic heterocycles. The number of aryl methyl sites for hydroxylation is 1. The molecular weight excluding hydrogens is 433 g/mol. The van der Waals surface area contributed by atoms with Gasteiger partial charge in [0.15, 0.2) is 23.8 Å². The van der Waals surface area contributed by atoms with Crippen LogP contribution in [0.3, 0.4) is 0 Å². The minimum Gasteiger partial charge on any atom is -0.481 e. The Bertz CT molecular complexity index is 1380. The van der Waals surface area contributed by atoms with Crippen molar-refractivity contribution in [3.8, 4) is 5.75 Å². The SMILES string of the molecule is Cc1cc2nc(COC(=O)c3ccc(NC(=O)COc4ccccc4F)cc3)cc(=O)n2o1. The van der Waals surface area contributed by atoms with Crippen LogP contribution in [0.15, 0.2) is 70.0 Å². The Morgan fingerprint density at radius 2 is 1.88 bits per heavy atom. The molecule has 0 fully saturated rings. The fourth-order valence-corrected chi connectivity index (χ4v) is 2.96. The van der Waals surface area contributed by atoms with Gasteiger partial charge in [0.2, 0.25) is 0 Å². The number of anilines is 1. The lowest BCUT2D eigenvalue weighted by Crippen LogP contribution is -2.20. The molecule has 10 heteroatoms. The molecule has 168 valence electrons. The second-order valence-corrected chi connectivity index (χ2v) is 7.01. The smallest absolute Gasteiger partial charge is 0.338 e. The number of para-hydroxylation sites is 1. The van der Waals surface area contributed by atoms with Crippen LogP contribution < -0.4 is 15.6 Å². The number of nitrogens with one attached hydrogen (secondary N) is 1. The van der Waals surface area contributed by atoms with Gasteiger partial charge in [-0.05, 0) is 43.3 Å². The van der Waals surface area contributed by atoms with Crippen LogP contribution in [0, 0.1) is 12.7 Å². The molecule has 0 radical (unpaired) electrons. The first kappa shape index (κ1) is 21.8. The molecule has 0 aliphatic rings. The minimum atomic E-state index is -0.624. The maximum atomic E-state index is 13.5. The van der Waals surface area contributed by atoms with E-state index in [1.807, 2.05) is 0 Å².